The second-order valence-corrected chi connectivity index (χ2v) is 18.3. The number of fused-ring (bicyclic) bond motifs is 11. The summed E-state index contributed by atoms with van der Waals surface area (Å²) in [5, 5.41) is 5.10. The van der Waals surface area contributed by atoms with Crippen LogP contribution in [0.25, 0.3) is 66.1 Å². The average molecular weight is 795 g/mol. The van der Waals surface area contributed by atoms with E-state index in [1.807, 2.05) is 11.8 Å². The first kappa shape index (κ1) is 36.0. The van der Waals surface area contributed by atoms with Crippen LogP contribution in [-0.2, 0) is 10.8 Å². The zero-order chi connectivity index (χ0) is 40.7. The van der Waals surface area contributed by atoms with E-state index in [1.54, 1.807) is 0 Å². The van der Waals surface area contributed by atoms with Crippen LogP contribution in [0.5, 0.6) is 0 Å². The number of hydrogen-bond donors (Lipinski definition) is 0. The van der Waals surface area contributed by atoms with E-state index in [1.165, 1.54) is 109 Å². The molecule has 1 spiro atoms. The quantitative estimate of drug-likeness (QED) is 0.160. The molecule has 0 saturated heterocycles. The van der Waals surface area contributed by atoms with Crippen molar-refractivity contribution in [1.82, 2.24) is 0 Å². The van der Waals surface area contributed by atoms with Crippen LogP contribution in [0.1, 0.15) is 47.2 Å². The molecule has 288 valence electrons. The van der Waals surface area contributed by atoms with E-state index in [-0.39, 0.29) is 5.41 Å². The van der Waals surface area contributed by atoms with Gasteiger partial charge in [-0.2, -0.15) is 0 Å². The molecule has 61 heavy (non-hydrogen) atoms. The fourth-order valence-corrected chi connectivity index (χ4v) is 12.0. The molecule has 1 aliphatic carbocycles. The van der Waals surface area contributed by atoms with Crippen LogP contribution in [0.15, 0.2) is 228 Å². The van der Waals surface area contributed by atoms with E-state index in [0.717, 1.165) is 0 Å². The van der Waals surface area contributed by atoms with Crippen molar-refractivity contribution in [1.29, 1.82) is 0 Å². The first-order valence-electron chi connectivity index (χ1n) is 21.3. The smallest absolute Gasteiger partial charge is 0.0729 e. The second kappa shape index (κ2) is 13.8. The first-order valence-corrected chi connectivity index (χ1v) is 22.1. The average Bonchev–Trinajstić information content (AvgIpc) is 3.33. The molecule has 0 saturated carbocycles. The summed E-state index contributed by atoms with van der Waals surface area (Å²) in [6.45, 7) is 4.79. The molecule has 1 aliphatic heterocycles. The van der Waals surface area contributed by atoms with Gasteiger partial charge in [0.05, 0.1) is 5.41 Å². The monoisotopic (exact) mass is 794 g/mol. The Balaban J connectivity index is 1.04. The Kier molecular flexibility index (Phi) is 8.14. The van der Waals surface area contributed by atoms with E-state index in [4.69, 9.17) is 0 Å². The molecule has 0 bridgehead atoms. The van der Waals surface area contributed by atoms with Gasteiger partial charge in [-0.05, 0) is 136 Å². The zero-order valence-corrected chi connectivity index (χ0v) is 35.0. The molecule has 0 nitrogen and oxygen atoms in total. The Labute approximate surface area is 362 Å². The lowest BCUT2D eigenvalue weighted by Crippen LogP contribution is -2.43. The minimum atomic E-state index is -0.460. The van der Waals surface area contributed by atoms with Gasteiger partial charge in [-0.25, -0.2) is 0 Å². The molecule has 2 aliphatic rings. The summed E-state index contributed by atoms with van der Waals surface area (Å²) in [4.78, 5) is 2.64. The normalized spacial score (nSPS) is 14.3. The predicted molar refractivity (Wildman–Crippen MR) is 258 cm³/mol. The van der Waals surface area contributed by atoms with Gasteiger partial charge in [0.25, 0.3) is 0 Å². The number of hydrogen-bond acceptors (Lipinski definition) is 1. The molecule has 1 heterocycles. The molecular formula is C60H42S. The van der Waals surface area contributed by atoms with Crippen LogP contribution in [-0.4, -0.2) is 0 Å². The fourth-order valence-electron chi connectivity index (χ4n) is 10.7. The molecule has 1 heteroatoms. The van der Waals surface area contributed by atoms with Gasteiger partial charge in [0, 0.05) is 15.2 Å². The molecule has 0 fully saturated rings. The topological polar surface area (TPSA) is 0 Å². The van der Waals surface area contributed by atoms with Gasteiger partial charge in [-0.3, -0.25) is 0 Å². The van der Waals surface area contributed by atoms with Crippen molar-refractivity contribution < 1.29 is 0 Å². The number of rotatable bonds is 4. The standard InChI is InChI=1S/C60H42S/c1-59(2)51-23-8-10-25-53(51)60(54-26-11-9-24-52(54)59)55-27-12-13-29-57(55)61-58-50(22-15-28-56(58)60)43-20-14-19-41(34-43)46-36-45(39-16-4-3-5-17-39)37-47(38-46)42-32-33-49-44(35-42)31-30-40-18-6-7-21-48(40)49/h3-38H,1-2H3. The van der Waals surface area contributed by atoms with Crippen LogP contribution in [0.4, 0.5) is 0 Å². The Morgan fingerprint density at radius 3 is 1.57 bits per heavy atom. The largest absolute Gasteiger partial charge is 0.0888 e. The van der Waals surface area contributed by atoms with Crippen LogP contribution >= 0.6 is 11.8 Å². The van der Waals surface area contributed by atoms with Crippen molar-refractivity contribution >= 4 is 33.3 Å². The van der Waals surface area contributed by atoms with Crippen molar-refractivity contribution in [3.63, 3.8) is 0 Å². The van der Waals surface area contributed by atoms with E-state index in [0.29, 0.717) is 0 Å². The second-order valence-electron chi connectivity index (χ2n) is 17.2. The molecule has 12 rings (SSSR count). The maximum atomic E-state index is 2.41. The molecular weight excluding hydrogens is 753 g/mol. The highest BCUT2D eigenvalue weighted by atomic mass is 32.2. The van der Waals surface area contributed by atoms with E-state index in [9.17, 15) is 0 Å². The first-order chi connectivity index (χ1) is 30.0. The maximum Gasteiger partial charge on any atom is 0.0729 e. The summed E-state index contributed by atoms with van der Waals surface area (Å²) in [5.74, 6) is 0. The van der Waals surface area contributed by atoms with Crippen molar-refractivity contribution in [2.75, 3.05) is 0 Å². The highest BCUT2D eigenvalue weighted by Crippen LogP contribution is 2.62. The van der Waals surface area contributed by atoms with Gasteiger partial charge < -0.3 is 0 Å². The molecule has 0 N–H and O–H groups in total. The Morgan fingerprint density at radius 2 is 0.820 bits per heavy atom. The summed E-state index contributed by atoms with van der Waals surface area (Å²) in [6, 6.07) is 81.8. The van der Waals surface area contributed by atoms with Gasteiger partial charge in [0.2, 0.25) is 0 Å². The number of benzene rings is 10. The molecule has 0 atom stereocenters. The minimum Gasteiger partial charge on any atom is -0.0888 e. The highest BCUT2D eigenvalue weighted by molar-refractivity contribution is 7.99. The summed E-state index contributed by atoms with van der Waals surface area (Å²) < 4.78 is 0. The van der Waals surface area contributed by atoms with Gasteiger partial charge in [-0.1, -0.05) is 208 Å². The van der Waals surface area contributed by atoms with Crippen molar-refractivity contribution in [2.45, 2.75) is 34.5 Å². The van der Waals surface area contributed by atoms with Crippen molar-refractivity contribution in [3.05, 3.63) is 252 Å². The Bertz CT molecular complexity index is 3320. The van der Waals surface area contributed by atoms with Crippen LogP contribution < -0.4 is 0 Å². The van der Waals surface area contributed by atoms with Gasteiger partial charge in [-0.15, -0.1) is 0 Å². The van der Waals surface area contributed by atoms with E-state index in [2.05, 4.69) is 232 Å². The summed E-state index contributed by atoms with van der Waals surface area (Å²) in [5.41, 5.74) is 17.4. The van der Waals surface area contributed by atoms with Crippen LogP contribution in [0.2, 0.25) is 0 Å². The molecule has 0 amide bonds. The molecule has 10 aromatic carbocycles. The summed E-state index contributed by atoms with van der Waals surface area (Å²) in [6.07, 6.45) is 0. The minimum absolute atomic E-state index is 0.140. The fraction of sp³-hybridized carbons (Fsp3) is 0.0667. The van der Waals surface area contributed by atoms with E-state index >= 15 is 0 Å². The zero-order valence-electron chi connectivity index (χ0n) is 34.2. The lowest BCUT2D eigenvalue weighted by atomic mass is 9.54. The predicted octanol–water partition coefficient (Wildman–Crippen LogP) is 16.1. The third kappa shape index (κ3) is 5.47. The SMILES string of the molecule is CC1(C)c2ccccc2C2(c3ccccc3Sc3c(-c4cccc(-c5cc(-c6ccccc6)cc(-c6ccc7c(ccc8ccccc87)c6)c5)c4)cccc32)c2ccccc21. The molecule has 0 aromatic heterocycles. The van der Waals surface area contributed by atoms with E-state index < -0.39 is 5.41 Å². The molecule has 0 radical (unpaired) electrons. The Hall–Kier alpha value is -6.93. The van der Waals surface area contributed by atoms with Crippen LogP contribution in [0.3, 0.4) is 0 Å². The van der Waals surface area contributed by atoms with Crippen molar-refractivity contribution in [2.24, 2.45) is 0 Å². The molecule has 10 aromatic rings. The summed E-state index contributed by atoms with van der Waals surface area (Å²) >= 11 is 1.92. The third-order valence-electron chi connectivity index (χ3n) is 13.6. The Morgan fingerprint density at radius 1 is 0.311 bits per heavy atom. The molecule has 0 unspecified atom stereocenters. The third-order valence-corrected chi connectivity index (χ3v) is 14.8. The lowest BCUT2D eigenvalue weighted by molar-refractivity contribution is 0.549. The highest BCUT2D eigenvalue weighted by Gasteiger charge is 2.52. The summed E-state index contributed by atoms with van der Waals surface area (Å²) in [7, 11) is 0. The maximum absolute atomic E-state index is 2.41. The van der Waals surface area contributed by atoms with Crippen molar-refractivity contribution in [3.8, 4) is 44.5 Å². The van der Waals surface area contributed by atoms with Crippen LogP contribution in [0, 0.1) is 0 Å². The van der Waals surface area contributed by atoms with Gasteiger partial charge in [0.15, 0.2) is 0 Å². The van der Waals surface area contributed by atoms with Gasteiger partial charge >= 0.3 is 0 Å². The lowest BCUT2D eigenvalue weighted by Gasteiger charge is -2.50. The van der Waals surface area contributed by atoms with Gasteiger partial charge in [0.1, 0.15) is 0 Å².